The van der Waals surface area contributed by atoms with E-state index < -0.39 is 0 Å². The first-order valence-corrected chi connectivity index (χ1v) is 6.43. The summed E-state index contributed by atoms with van der Waals surface area (Å²) in [6.07, 6.45) is 1.23. The van der Waals surface area contributed by atoms with E-state index in [1.807, 2.05) is 0 Å². The molecule has 1 N–H and O–H groups in total. The van der Waals surface area contributed by atoms with Gasteiger partial charge in [0.1, 0.15) is 9.68 Å². The summed E-state index contributed by atoms with van der Waals surface area (Å²) in [4.78, 5) is 3.34. The van der Waals surface area contributed by atoms with Gasteiger partial charge in [-0.15, -0.1) is 0 Å². The van der Waals surface area contributed by atoms with E-state index in [1.54, 1.807) is 10.8 Å². The van der Waals surface area contributed by atoms with Gasteiger partial charge < -0.3 is 4.98 Å². The van der Waals surface area contributed by atoms with Crippen LogP contribution in [0.25, 0.3) is 0 Å². The first kappa shape index (κ1) is 10.5. The van der Waals surface area contributed by atoms with Gasteiger partial charge in [-0.25, -0.2) is 0 Å². The summed E-state index contributed by atoms with van der Waals surface area (Å²) in [7, 11) is 1.82. The minimum Gasteiger partial charge on any atom is -0.341 e. The molecule has 13 heavy (non-hydrogen) atoms. The third-order valence-electron chi connectivity index (χ3n) is 2.57. The van der Waals surface area contributed by atoms with Crippen LogP contribution in [0.15, 0.2) is 24.3 Å². The molecule has 0 spiro atoms. The van der Waals surface area contributed by atoms with Gasteiger partial charge in [-0.3, -0.25) is 0 Å². The zero-order valence-corrected chi connectivity index (χ0v) is 10.2. The quantitative estimate of drug-likeness (QED) is 0.707. The summed E-state index contributed by atoms with van der Waals surface area (Å²) in [5, 5.41) is 1.57. The second kappa shape index (κ2) is 5.20. The molecule has 1 atom stereocenters. The smallest absolute Gasteiger partial charge is 0.124 e. The average Bonchev–Trinajstić information content (AvgIpc) is 2.18. The molecule has 72 valence electrons. The van der Waals surface area contributed by atoms with Crippen LogP contribution in [0, 0.1) is 0 Å². The predicted molar refractivity (Wildman–Crippen MR) is 62.4 cm³/mol. The van der Waals surface area contributed by atoms with Gasteiger partial charge in [-0.1, -0.05) is 38.1 Å². The van der Waals surface area contributed by atoms with Crippen LogP contribution in [0.4, 0.5) is 0 Å². The minimum absolute atomic E-state index is 0.232. The topological polar surface area (TPSA) is 12.0 Å². The van der Waals surface area contributed by atoms with Crippen molar-refractivity contribution in [2.75, 3.05) is 7.05 Å². The van der Waals surface area contributed by atoms with Crippen molar-refractivity contribution < 1.29 is 0 Å². The molecule has 0 bridgehead atoms. The van der Waals surface area contributed by atoms with Gasteiger partial charge in [-0.2, -0.15) is 0 Å². The van der Waals surface area contributed by atoms with Gasteiger partial charge in [0, 0.05) is 0 Å². The summed E-state index contributed by atoms with van der Waals surface area (Å²) < 4.78 is 0. The zero-order valence-electron chi connectivity index (χ0n) is 8.80. The fourth-order valence-corrected chi connectivity index (χ4v) is 2.89. The summed E-state index contributed by atoms with van der Waals surface area (Å²) in [5.41, 5.74) is 1.55. The Balaban J connectivity index is 2.90. The van der Waals surface area contributed by atoms with Gasteiger partial charge in [0.15, 0.2) is 0 Å². The molecule has 0 aliphatic carbocycles. The van der Waals surface area contributed by atoms with Crippen LogP contribution >= 0.6 is 0 Å². The standard InChI is InChI=1S/C11H19NSi/c1-4-9(2)10-7-5-6-8-11(10)13-12-3/h5-9,12H,4,13H2,1-3H3. The minimum atomic E-state index is -0.232. The van der Waals surface area contributed by atoms with Crippen molar-refractivity contribution in [1.82, 2.24) is 4.98 Å². The average molecular weight is 193 g/mol. The van der Waals surface area contributed by atoms with Crippen LogP contribution in [0.3, 0.4) is 0 Å². The van der Waals surface area contributed by atoms with Crippen LogP contribution in [-0.4, -0.2) is 16.7 Å². The molecule has 0 aliphatic heterocycles. The lowest BCUT2D eigenvalue weighted by atomic mass is 9.99. The van der Waals surface area contributed by atoms with Crippen LogP contribution in [0.5, 0.6) is 0 Å². The highest BCUT2D eigenvalue weighted by Gasteiger charge is 2.06. The second-order valence-electron chi connectivity index (χ2n) is 3.54. The molecule has 1 rings (SSSR count). The maximum absolute atomic E-state index is 3.34. The van der Waals surface area contributed by atoms with E-state index in [-0.39, 0.29) is 9.68 Å². The van der Waals surface area contributed by atoms with Gasteiger partial charge >= 0.3 is 0 Å². The summed E-state index contributed by atoms with van der Waals surface area (Å²) in [6, 6.07) is 8.83. The number of benzene rings is 1. The Hall–Kier alpha value is -0.603. The third-order valence-corrected chi connectivity index (χ3v) is 3.94. The van der Waals surface area contributed by atoms with E-state index in [2.05, 4.69) is 50.1 Å². The highest BCUT2D eigenvalue weighted by Crippen LogP contribution is 2.15. The summed E-state index contributed by atoms with van der Waals surface area (Å²) in [5.74, 6) is 0.706. The molecule has 0 aliphatic rings. The molecule has 1 aromatic rings. The Labute approximate surface area is 83.5 Å². The van der Waals surface area contributed by atoms with Crippen molar-refractivity contribution in [2.24, 2.45) is 0 Å². The Kier molecular flexibility index (Phi) is 4.19. The fraction of sp³-hybridized carbons (Fsp3) is 0.455. The molecule has 0 fully saturated rings. The molecule has 0 radical (unpaired) electrons. The van der Waals surface area contributed by atoms with E-state index in [4.69, 9.17) is 0 Å². The van der Waals surface area contributed by atoms with E-state index in [0.29, 0.717) is 5.92 Å². The number of hydrogen-bond donors (Lipinski definition) is 1. The third kappa shape index (κ3) is 2.67. The number of rotatable bonds is 4. The lowest BCUT2D eigenvalue weighted by Gasteiger charge is -2.13. The fourth-order valence-electron chi connectivity index (χ4n) is 1.59. The van der Waals surface area contributed by atoms with E-state index in [0.717, 1.165) is 0 Å². The normalized spacial score (nSPS) is 13.8. The maximum atomic E-state index is 3.34. The van der Waals surface area contributed by atoms with Crippen LogP contribution < -0.4 is 10.2 Å². The largest absolute Gasteiger partial charge is 0.341 e. The van der Waals surface area contributed by atoms with Gasteiger partial charge in [0.05, 0.1) is 0 Å². The summed E-state index contributed by atoms with van der Waals surface area (Å²) >= 11 is 0. The maximum Gasteiger partial charge on any atom is 0.124 e. The van der Waals surface area contributed by atoms with Crippen LogP contribution in [-0.2, 0) is 0 Å². The van der Waals surface area contributed by atoms with Crippen LogP contribution in [0.1, 0.15) is 31.7 Å². The molecule has 0 saturated heterocycles. The monoisotopic (exact) mass is 193 g/mol. The SMILES string of the molecule is CCC(C)c1ccccc1[SiH2]NC. The Bertz CT molecular complexity index is 260. The first-order valence-electron chi connectivity index (χ1n) is 5.02. The van der Waals surface area contributed by atoms with Crippen molar-refractivity contribution in [1.29, 1.82) is 0 Å². The van der Waals surface area contributed by atoms with Crippen molar-refractivity contribution >= 4 is 14.9 Å². The number of nitrogens with one attached hydrogen (secondary N) is 1. The summed E-state index contributed by atoms with van der Waals surface area (Å²) in [6.45, 7) is 4.56. The highest BCUT2D eigenvalue weighted by molar-refractivity contribution is 6.51. The van der Waals surface area contributed by atoms with E-state index >= 15 is 0 Å². The molecule has 0 amide bonds. The molecule has 0 aromatic heterocycles. The van der Waals surface area contributed by atoms with Gasteiger partial charge in [0.25, 0.3) is 0 Å². The van der Waals surface area contributed by atoms with Gasteiger partial charge in [-0.05, 0) is 30.1 Å². The van der Waals surface area contributed by atoms with Crippen molar-refractivity contribution in [3.63, 3.8) is 0 Å². The van der Waals surface area contributed by atoms with Crippen LogP contribution in [0.2, 0.25) is 0 Å². The van der Waals surface area contributed by atoms with Gasteiger partial charge in [0.2, 0.25) is 0 Å². The molecule has 1 unspecified atom stereocenters. The molecule has 1 nitrogen and oxygen atoms in total. The highest BCUT2D eigenvalue weighted by atomic mass is 28.2. The Morgan fingerprint density at radius 2 is 2.08 bits per heavy atom. The lowest BCUT2D eigenvalue weighted by molar-refractivity contribution is 0.737. The molecule has 2 heteroatoms. The molecule has 1 aromatic carbocycles. The van der Waals surface area contributed by atoms with E-state index in [9.17, 15) is 0 Å². The molecular formula is C11H19NSi. The Morgan fingerprint density at radius 1 is 1.38 bits per heavy atom. The number of hydrogen-bond acceptors (Lipinski definition) is 1. The lowest BCUT2D eigenvalue weighted by Crippen LogP contribution is -2.30. The van der Waals surface area contributed by atoms with Crippen molar-refractivity contribution in [3.05, 3.63) is 29.8 Å². The molecule has 0 heterocycles. The van der Waals surface area contributed by atoms with Crippen molar-refractivity contribution in [2.45, 2.75) is 26.2 Å². The zero-order chi connectivity index (χ0) is 9.68. The van der Waals surface area contributed by atoms with E-state index in [1.165, 1.54) is 6.42 Å². The molecule has 0 saturated carbocycles. The first-order chi connectivity index (χ1) is 6.29. The van der Waals surface area contributed by atoms with Crippen molar-refractivity contribution in [3.8, 4) is 0 Å². The predicted octanol–water partition coefficient (Wildman–Crippen LogP) is 1.13. The Morgan fingerprint density at radius 3 is 2.69 bits per heavy atom. The molecular weight excluding hydrogens is 174 g/mol. The second-order valence-corrected chi connectivity index (χ2v) is 5.36.